The van der Waals surface area contributed by atoms with E-state index in [0.717, 1.165) is 19.3 Å². The fraction of sp³-hybridized carbons (Fsp3) is 0.862. The number of nitrogens with zero attached hydrogens (tertiary/aromatic N) is 2. The van der Waals surface area contributed by atoms with Gasteiger partial charge in [0, 0.05) is 12.4 Å². The minimum absolute atomic E-state index is 0.216. The summed E-state index contributed by atoms with van der Waals surface area (Å²) in [4.78, 5) is 9.76. The Balaban J connectivity index is 0.00000109. The molecule has 0 unspecified atom stereocenters. The molecule has 0 aromatic carbocycles. The van der Waals surface area contributed by atoms with E-state index in [9.17, 15) is 9.90 Å². The van der Waals surface area contributed by atoms with Crippen LogP contribution in [-0.2, 0) is 24.3 Å². The Morgan fingerprint density at radius 3 is 1.79 bits per heavy atom. The summed E-state index contributed by atoms with van der Waals surface area (Å²) < 4.78 is 5.05. The number of aliphatic carboxylic acids is 1. The molecule has 33 heavy (non-hydrogen) atoms. The van der Waals surface area contributed by atoms with Gasteiger partial charge in [0.05, 0.1) is 13.1 Å². The van der Waals surface area contributed by atoms with Crippen LogP contribution in [0.4, 0.5) is 0 Å². The second kappa shape index (κ2) is 23.8. The zero-order chi connectivity index (χ0) is 24.6. The van der Waals surface area contributed by atoms with Gasteiger partial charge in [-0.15, -0.1) is 0 Å². The number of hydrogen-bond acceptors (Lipinski definition) is 2. The minimum Gasteiger partial charge on any atom is -0.550 e. The molecule has 1 heterocycles. The van der Waals surface area contributed by atoms with Crippen LogP contribution in [0.2, 0.25) is 0 Å². The average molecular weight is 465 g/mol. The number of carbonyl (C=O) groups excluding carboxylic acids is 1. The number of carboxylic acids is 1. The Bertz CT molecular complexity index is 554. The lowest BCUT2D eigenvalue weighted by atomic mass is 10.1. The van der Waals surface area contributed by atoms with Gasteiger partial charge in [0.2, 0.25) is 0 Å². The number of aryl methyl sites for hydroxylation is 2. The fourth-order valence-electron chi connectivity index (χ4n) is 4.14. The van der Waals surface area contributed by atoms with Crippen molar-refractivity contribution < 1.29 is 14.5 Å². The van der Waals surface area contributed by atoms with Gasteiger partial charge in [0.1, 0.15) is 12.4 Å². The maximum atomic E-state index is 9.76. The Kier molecular flexibility index (Phi) is 22.9. The molecule has 1 rings (SSSR count). The number of carbonyl (C=O) groups is 1. The molecule has 0 saturated carbocycles. The Labute approximate surface area is 206 Å². The topological polar surface area (TPSA) is 48.9 Å². The van der Waals surface area contributed by atoms with Crippen molar-refractivity contribution in [2.45, 2.75) is 163 Å². The summed E-state index contributed by atoms with van der Waals surface area (Å²) in [5, 5.41) is 9.76. The van der Waals surface area contributed by atoms with E-state index in [1.54, 1.807) is 5.82 Å². The largest absolute Gasteiger partial charge is 0.550 e. The zero-order valence-corrected chi connectivity index (χ0v) is 22.7. The molecule has 0 amide bonds. The van der Waals surface area contributed by atoms with E-state index in [2.05, 4.69) is 42.3 Å². The lowest BCUT2D eigenvalue weighted by Crippen LogP contribution is -2.37. The fourth-order valence-corrected chi connectivity index (χ4v) is 4.14. The maximum absolute atomic E-state index is 9.76. The van der Waals surface area contributed by atoms with Gasteiger partial charge in [-0.3, -0.25) is 0 Å². The van der Waals surface area contributed by atoms with E-state index < -0.39 is 5.97 Å². The summed E-state index contributed by atoms with van der Waals surface area (Å²) >= 11 is 0. The van der Waals surface area contributed by atoms with Crippen LogP contribution in [0.1, 0.15) is 149 Å². The van der Waals surface area contributed by atoms with Crippen molar-refractivity contribution in [1.82, 2.24) is 4.57 Å². The molecule has 0 bridgehead atoms. The number of aromatic nitrogens is 2. The van der Waals surface area contributed by atoms with Crippen molar-refractivity contribution in [2.75, 3.05) is 0 Å². The van der Waals surface area contributed by atoms with Gasteiger partial charge in [0.15, 0.2) is 0 Å². The van der Waals surface area contributed by atoms with Crippen molar-refractivity contribution in [2.24, 2.45) is 0 Å². The number of unbranched alkanes of at least 4 members (excludes halogenated alkanes) is 13. The molecule has 4 heteroatoms. The summed E-state index contributed by atoms with van der Waals surface area (Å²) in [5.41, 5.74) is 0. The molecule has 0 fully saturated rings. The highest BCUT2D eigenvalue weighted by Crippen LogP contribution is 2.11. The second-order valence-corrected chi connectivity index (χ2v) is 9.57. The van der Waals surface area contributed by atoms with Gasteiger partial charge in [-0.2, -0.15) is 0 Å². The summed E-state index contributed by atoms with van der Waals surface area (Å²) in [6.07, 6.45) is 28.3. The molecule has 0 spiro atoms. The van der Waals surface area contributed by atoms with Crippen LogP contribution in [0.25, 0.3) is 0 Å². The number of rotatable bonds is 21. The summed E-state index contributed by atoms with van der Waals surface area (Å²) in [5.74, 6) is 0.629. The van der Waals surface area contributed by atoms with Crippen LogP contribution in [0.3, 0.4) is 0 Å². The third-order valence-corrected chi connectivity index (χ3v) is 6.33. The predicted molar refractivity (Wildman–Crippen MR) is 139 cm³/mol. The third-order valence-electron chi connectivity index (χ3n) is 6.33. The first-order valence-electron chi connectivity index (χ1n) is 14.4. The molecule has 0 aliphatic heterocycles. The van der Waals surface area contributed by atoms with E-state index in [1.165, 1.54) is 109 Å². The predicted octanol–water partition coefficient (Wildman–Crippen LogP) is 7.16. The Hall–Kier alpha value is -1.32. The molecule has 4 nitrogen and oxygen atoms in total. The number of hydrogen-bond donors (Lipinski definition) is 0. The molecule has 0 aliphatic carbocycles. The zero-order valence-electron chi connectivity index (χ0n) is 22.7. The summed E-state index contributed by atoms with van der Waals surface area (Å²) in [7, 11) is 0. The first-order valence-corrected chi connectivity index (χ1v) is 14.4. The first kappa shape index (κ1) is 31.7. The molecule has 0 atom stereocenters. The van der Waals surface area contributed by atoms with Crippen LogP contribution in [0.5, 0.6) is 0 Å². The highest BCUT2D eigenvalue weighted by molar-refractivity contribution is 5.63. The average Bonchev–Trinajstić information content (AvgIpc) is 3.19. The Morgan fingerprint density at radius 1 is 0.727 bits per heavy atom. The standard InChI is InChI=1S/C23H45N2.C6H12O2/c1-4-7-10-11-12-13-14-15-16-17-20-25-22-21-24(19-9-6-3)23(25)18-8-5-2;1-2-3-4-5-6(7)8/h21-22H,4-20H2,1-3H3;2-5H2,1H3,(H,7,8)/q+1;/p-1. The smallest absolute Gasteiger partial charge is 0.256 e. The van der Waals surface area contributed by atoms with Crippen molar-refractivity contribution in [3.8, 4) is 0 Å². The van der Waals surface area contributed by atoms with E-state index in [0.29, 0.717) is 0 Å². The van der Waals surface area contributed by atoms with Gasteiger partial charge in [-0.1, -0.05) is 105 Å². The molecule has 0 saturated heterocycles. The van der Waals surface area contributed by atoms with Crippen LogP contribution in [-0.4, -0.2) is 10.5 Å². The number of imidazole rings is 1. The minimum atomic E-state index is -0.932. The van der Waals surface area contributed by atoms with Crippen LogP contribution >= 0.6 is 0 Å². The lowest BCUT2D eigenvalue weighted by Gasteiger charge is -2.05. The van der Waals surface area contributed by atoms with Gasteiger partial charge < -0.3 is 9.90 Å². The van der Waals surface area contributed by atoms with Gasteiger partial charge >= 0.3 is 0 Å². The van der Waals surface area contributed by atoms with Gasteiger partial charge in [-0.05, 0) is 38.5 Å². The molecule has 194 valence electrons. The molecule has 0 N–H and O–H groups in total. The van der Waals surface area contributed by atoms with Gasteiger partial charge in [-0.25, -0.2) is 9.13 Å². The SMILES string of the molecule is CCCCCC(=O)[O-].CCCCCCCCCCCC[n+]1ccn(CCCC)c1CCCC. The van der Waals surface area contributed by atoms with E-state index in [4.69, 9.17) is 0 Å². The summed E-state index contributed by atoms with van der Waals surface area (Å²) in [6, 6.07) is 0. The molecular formula is C29H56N2O2. The van der Waals surface area contributed by atoms with Crippen molar-refractivity contribution in [1.29, 1.82) is 0 Å². The van der Waals surface area contributed by atoms with E-state index >= 15 is 0 Å². The molecule has 0 radical (unpaired) electrons. The highest BCUT2D eigenvalue weighted by Gasteiger charge is 2.15. The van der Waals surface area contributed by atoms with Crippen molar-refractivity contribution in [3.05, 3.63) is 18.2 Å². The number of carboxylic acid groups (broad SMARTS) is 1. The molecule has 0 aliphatic rings. The van der Waals surface area contributed by atoms with Crippen LogP contribution < -0.4 is 9.67 Å². The molecular weight excluding hydrogens is 408 g/mol. The molecule has 1 aromatic rings. The first-order chi connectivity index (χ1) is 16.1. The van der Waals surface area contributed by atoms with Crippen molar-refractivity contribution >= 4 is 5.97 Å². The van der Waals surface area contributed by atoms with E-state index in [-0.39, 0.29) is 6.42 Å². The van der Waals surface area contributed by atoms with E-state index in [1.807, 2.05) is 6.92 Å². The highest BCUT2D eigenvalue weighted by atomic mass is 16.4. The molecule has 1 aromatic heterocycles. The van der Waals surface area contributed by atoms with Gasteiger partial charge in [0.25, 0.3) is 5.82 Å². The van der Waals surface area contributed by atoms with Crippen LogP contribution in [0.15, 0.2) is 12.4 Å². The van der Waals surface area contributed by atoms with Crippen molar-refractivity contribution in [3.63, 3.8) is 0 Å². The monoisotopic (exact) mass is 464 g/mol. The lowest BCUT2D eigenvalue weighted by molar-refractivity contribution is -0.704. The van der Waals surface area contributed by atoms with Crippen LogP contribution in [0, 0.1) is 0 Å². The second-order valence-electron chi connectivity index (χ2n) is 9.57. The quantitative estimate of drug-likeness (QED) is 0.143. The third kappa shape index (κ3) is 18.8. The summed E-state index contributed by atoms with van der Waals surface area (Å²) in [6.45, 7) is 11.3. The Morgan fingerprint density at radius 2 is 1.24 bits per heavy atom. The normalized spacial score (nSPS) is 10.8. The maximum Gasteiger partial charge on any atom is 0.256 e.